The van der Waals surface area contributed by atoms with Gasteiger partial charge in [0.1, 0.15) is 5.76 Å². The van der Waals surface area contributed by atoms with Crippen LogP contribution in [0.3, 0.4) is 0 Å². The van der Waals surface area contributed by atoms with Crippen LogP contribution in [0.5, 0.6) is 0 Å². The molecule has 0 aliphatic heterocycles. The number of aliphatic hydroxyl groups is 1. The van der Waals surface area contributed by atoms with Crippen molar-refractivity contribution in [2.45, 2.75) is 79.1 Å². The van der Waals surface area contributed by atoms with Crippen molar-refractivity contribution >= 4 is 11.6 Å². The molecule has 0 spiro atoms. The molecule has 2 fully saturated rings. The van der Waals surface area contributed by atoms with E-state index in [9.17, 15) is 14.7 Å². The van der Waals surface area contributed by atoms with Crippen molar-refractivity contribution < 1.29 is 14.7 Å². The van der Waals surface area contributed by atoms with Crippen LogP contribution in [0.4, 0.5) is 0 Å². The van der Waals surface area contributed by atoms with Crippen LogP contribution in [0, 0.1) is 22.7 Å². The summed E-state index contributed by atoms with van der Waals surface area (Å²) in [4.78, 5) is 25.2. The number of carbonyl (C=O) groups excluding carboxylic acids is 2. The lowest BCUT2D eigenvalue weighted by Gasteiger charge is -2.59. The Bertz CT molecular complexity index is 777. The topological polar surface area (TPSA) is 66.4 Å². The van der Waals surface area contributed by atoms with E-state index in [4.69, 9.17) is 0 Å². The number of aliphatic hydroxyl groups excluding tert-OH is 1. The number of ketones is 2. The Morgan fingerprint density at radius 2 is 2.00 bits per heavy atom. The second kappa shape index (κ2) is 8.12. The smallest absolute Gasteiger partial charge is 0.232 e. The van der Waals surface area contributed by atoms with Crippen molar-refractivity contribution in [2.24, 2.45) is 22.7 Å². The number of hydrogen-bond donors (Lipinski definition) is 2. The van der Waals surface area contributed by atoms with Crippen LogP contribution in [0.1, 0.15) is 79.1 Å². The van der Waals surface area contributed by atoms with Crippen LogP contribution in [0.15, 0.2) is 35.3 Å². The lowest BCUT2D eigenvalue weighted by atomic mass is 9.46. The zero-order valence-electron chi connectivity index (χ0n) is 18.6. The Hall–Kier alpha value is -1.84. The number of unbranched alkanes of at least 4 members (excludes halogenated alkanes) is 1. The predicted molar refractivity (Wildman–Crippen MR) is 116 cm³/mol. The lowest BCUT2D eigenvalue weighted by molar-refractivity contribution is -0.132. The number of hydrogen-bond acceptors (Lipinski definition) is 4. The van der Waals surface area contributed by atoms with Crippen molar-refractivity contribution in [1.29, 1.82) is 0 Å². The summed E-state index contributed by atoms with van der Waals surface area (Å²) in [5.74, 6) is -0.276. The second-order valence-corrected chi connectivity index (χ2v) is 9.95. The molecule has 4 heteroatoms. The average Bonchev–Trinajstić information content (AvgIpc) is 2.68. The molecular formula is C25H37NO3. The number of carbonyl (C=O) groups is 2. The van der Waals surface area contributed by atoms with E-state index in [2.05, 4.69) is 39.6 Å². The standard InChI is InChI=1S/C25H37NO3/c1-6-7-13-26-19-14-20(27)23(29)18(22(19)28)15-25(5)17(3)11-12-24(4)16(2)9-8-10-21(24)25/h14,17,21,26,28H,2,6-13,15H2,1,3-5H3. The molecule has 4 unspecified atom stereocenters. The molecule has 0 saturated heterocycles. The predicted octanol–water partition coefficient (Wildman–Crippen LogP) is 5.41. The Morgan fingerprint density at radius 3 is 2.69 bits per heavy atom. The molecule has 3 aliphatic rings. The van der Waals surface area contributed by atoms with Gasteiger partial charge in [-0.2, -0.15) is 0 Å². The molecule has 4 atom stereocenters. The summed E-state index contributed by atoms with van der Waals surface area (Å²) >= 11 is 0. The summed E-state index contributed by atoms with van der Waals surface area (Å²) < 4.78 is 0. The van der Waals surface area contributed by atoms with Crippen LogP contribution < -0.4 is 5.32 Å². The Balaban J connectivity index is 1.95. The number of nitrogens with one attached hydrogen (secondary N) is 1. The van der Waals surface area contributed by atoms with Crippen LogP contribution in [-0.2, 0) is 9.59 Å². The maximum atomic E-state index is 12.8. The first-order chi connectivity index (χ1) is 13.6. The van der Waals surface area contributed by atoms with Gasteiger partial charge < -0.3 is 10.4 Å². The van der Waals surface area contributed by atoms with Gasteiger partial charge in [-0.1, -0.05) is 46.3 Å². The van der Waals surface area contributed by atoms with E-state index >= 15 is 0 Å². The van der Waals surface area contributed by atoms with Crippen LogP contribution in [0.2, 0.25) is 0 Å². The molecule has 0 heterocycles. The van der Waals surface area contributed by atoms with Crippen LogP contribution in [-0.4, -0.2) is 23.2 Å². The normalized spacial score (nSPS) is 35.4. The molecule has 0 radical (unpaired) electrons. The fourth-order valence-electron chi connectivity index (χ4n) is 6.03. The van der Waals surface area contributed by atoms with Gasteiger partial charge in [-0.3, -0.25) is 9.59 Å². The van der Waals surface area contributed by atoms with E-state index in [1.165, 1.54) is 11.6 Å². The summed E-state index contributed by atoms with van der Waals surface area (Å²) in [7, 11) is 0. The molecule has 4 nitrogen and oxygen atoms in total. The molecule has 0 bridgehead atoms. The Morgan fingerprint density at radius 1 is 1.28 bits per heavy atom. The average molecular weight is 400 g/mol. The molecule has 29 heavy (non-hydrogen) atoms. The second-order valence-electron chi connectivity index (χ2n) is 9.95. The third-order valence-electron chi connectivity index (χ3n) is 8.28. The highest BCUT2D eigenvalue weighted by Crippen LogP contribution is 2.63. The fraction of sp³-hybridized carbons (Fsp3) is 0.680. The number of allylic oxidation sites excluding steroid dienone is 3. The molecule has 160 valence electrons. The zero-order valence-corrected chi connectivity index (χ0v) is 18.6. The molecule has 3 aliphatic carbocycles. The maximum Gasteiger partial charge on any atom is 0.232 e. The van der Waals surface area contributed by atoms with E-state index in [0.29, 0.717) is 36.1 Å². The first-order valence-corrected chi connectivity index (χ1v) is 11.3. The van der Waals surface area contributed by atoms with Gasteiger partial charge in [0, 0.05) is 18.2 Å². The molecule has 0 aromatic rings. The van der Waals surface area contributed by atoms with E-state index in [1.807, 2.05) is 0 Å². The van der Waals surface area contributed by atoms with E-state index in [1.54, 1.807) is 0 Å². The van der Waals surface area contributed by atoms with Gasteiger partial charge in [-0.25, -0.2) is 0 Å². The van der Waals surface area contributed by atoms with Gasteiger partial charge >= 0.3 is 0 Å². The summed E-state index contributed by atoms with van der Waals surface area (Å²) in [6.07, 6.45) is 9.21. The molecule has 3 rings (SSSR count). The molecule has 0 aromatic heterocycles. The SMILES string of the molecule is C=C1CCCC2C1(C)CCC(C)C2(C)CC1=C(O)C(NCCCC)=CC(=O)C1=O. The van der Waals surface area contributed by atoms with Gasteiger partial charge in [-0.15, -0.1) is 0 Å². The molecule has 0 aromatic carbocycles. The molecule has 2 saturated carbocycles. The van der Waals surface area contributed by atoms with Crippen molar-refractivity contribution in [2.75, 3.05) is 6.54 Å². The molecular weight excluding hydrogens is 362 g/mol. The van der Waals surface area contributed by atoms with Gasteiger partial charge in [0.05, 0.1) is 5.70 Å². The minimum atomic E-state index is -0.543. The summed E-state index contributed by atoms with van der Waals surface area (Å²) in [6, 6.07) is 0. The van der Waals surface area contributed by atoms with Crippen molar-refractivity contribution in [3.63, 3.8) is 0 Å². The Labute approximate surface area is 175 Å². The third-order valence-corrected chi connectivity index (χ3v) is 8.28. The van der Waals surface area contributed by atoms with E-state index < -0.39 is 11.6 Å². The van der Waals surface area contributed by atoms with E-state index in [0.717, 1.165) is 44.9 Å². The van der Waals surface area contributed by atoms with Crippen LogP contribution in [0.25, 0.3) is 0 Å². The monoisotopic (exact) mass is 399 g/mol. The third kappa shape index (κ3) is 3.71. The van der Waals surface area contributed by atoms with Crippen LogP contribution >= 0.6 is 0 Å². The van der Waals surface area contributed by atoms with E-state index in [-0.39, 0.29) is 16.6 Å². The summed E-state index contributed by atoms with van der Waals surface area (Å²) in [6.45, 7) is 14.0. The molecule has 0 amide bonds. The Kier molecular flexibility index (Phi) is 6.12. The van der Waals surface area contributed by atoms with Crippen molar-refractivity contribution in [3.8, 4) is 0 Å². The quantitative estimate of drug-likeness (QED) is 0.271. The molecule has 2 N–H and O–H groups in total. The van der Waals surface area contributed by atoms with Crippen molar-refractivity contribution in [3.05, 3.63) is 35.3 Å². The van der Waals surface area contributed by atoms with Gasteiger partial charge in [0.2, 0.25) is 11.6 Å². The van der Waals surface area contributed by atoms with Gasteiger partial charge in [-0.05, 0) is 67.6 Å². The first-order valence-electron chi connectivity index (χ1n) is 11.3. The fourth-order valence-corrected chi connectivity index (χ4v) is 6.03. The number of fused-ring (bicyclic) bond motifs is 1. The first kappa shape index (κ1) is 21.9. The maximum absolute atomic E-state index is 12.8. The summed E-state index contributed by atoms with van der Waals surface area (Å²) in [5, 5.41) is 14.1. The largest absolute Gasteiger partial charge is 0.505 e. The lowest BCUT2D eigenvalue weighted by Crippen LogP contribution is -2.51. The highest BCUT2D eigenvalue weighted by molar-refractivity contribution is 6.48. The number of rotatable bonds is 6. The zero-order chi connectivity index (χ0) is 21.4. The highest BCUT2D eigenvalue weighted by atomic mass is 16.3. The van der Waals surface area contributed by atoms with Gasteiger partial charge in [0.25, 0.3) is 0 Å². The summed E-state index contributed by atoms with van der Waals surface area (Å²) in [5.41, 5.74) is 1.96. The number of Topliss-reactive ketones (excluding diaryl/α,β-unsaturated/α-hetero) is 1. The van der Waals surface area contributed by atoms with Gasteiger partial charge in [0.15, 0.2) is 0 Å². The highest BCUT2D eigenvalue weighted by Gasteiger charge is 2.54. The minimum Gasteiger partial charge on any atom is -0.505 e. The van der Waals surface area contributed by atoms with Crippen molar-refractivity contribution in [1.82, 2.24) is 5.32 Å². The minimum absolute atomic E-state index is 0.0268.